The highest BCUT2D eigenvalue weighted by Gasteiger charge is 2.49. The molecule has 1 heterocycles. The zero-order chi connectivity index (χ0) is 24.0. The van der Waals surface area contributed by atoms with Gasteiger partial charge < -0.3 is 5.32 Å². The fourth-order valence-electron chi connectivity index (χ4n) is 4.30. The highest BCUT2D eigenvalue weighted by molar-refractivity contribution is 8.15. The van der Waals surface area contributed by atoms with Gasteiger partial charge in [0.25, 0.3) is 0 Å². The van der Waals surface area contributed by atoms with E-state index in [0.717, 1.165) is 56.0 Å². The number of thioether (sulfide) groups is 1. The fourth-order valence-corrected chi connectivity index (χ4v) is 5.72. The number of nitrogens with one attached hydrogen (secondary N) is 2. The minimum atomic E-state index is -0.952. The van der Waals surface area contributed by atoms with Crippen molar-refractivity contribution in [3.8, 4) is 0 Å². The SMILES string of the molecule is CONC(=O)N1N=C(c2cc(F)ccc2F)SC1(CCCNC1CC=CCC1)c1ccccc1. The first kappa shape index (κ1) is 24.4. The normalized spacial score (nSPS) is 22.0. The summed E-state index contributed by atoms with van der Waals surface area (Å²) in [5, 5.41) is 9.58. The van der Waals surface area contributed by atoms with Crippen molar-refractivity contribution >= 4 is 22.8 Å². The monoisotopic (exact) mass is 486 g/mol. The molecule has 1 aliphatic heterocycles. The summed E-state index contributed by atoms with van der Waals surface area (Å²) in [4.78, 5) is 16.9. The molecule has 2 amide bonds. The van der Waals surface area contributed by atoms with Crippen LogP contribution in [0, 0.1) is 11.6 Å². The van der Waals surface area contributed by atoms with Crippen LogP contribution in [0.4, 0.5) is 13.6 Å². The zero-order valence-corrected chi connectivity index (χ0v) is 19.8. The predicted molar refractivity (Wildman–Crippen MR) is 130 cm³/mol. The van der Waals surface area contributed by atoms with Crippen molar-refractivity contribution in [2.75, 3.05) is 13.7 Å². The van der Waals surface area contributed by atoms with Crippen LogP contribution in [-0.2, 0) is 9.71 Å². The van der Waals surface area contributed by atoms with Crippen LogP contribution in [0.2, 0.25) is 0 Å². The van der Waals surface area contributed by atoms with Gasteiger partial charge in [0.15, 0.2) is 0 Å². The largest absolute Gasteiger partial charge is 0.363 e. The van der Waals surface area contributed by atoms with E-state index >= 15 is 0 Å². The molecular weight excluding hydrogens is 458 g/mol. The molecule has 0 bridgehead atoms. The number of hydroxylamine groups is 1. The van der Waals surface area contributed by atoms with Crippen molar-refractivity contribution in [3.05, 3.63) is 83.4 Å². The van der Waals surface area contributed by atoms with Crippen LogP contribution in [0.15, 0.2) is 65.8 Å². The molecule has 34 heavy (non-hydrogen) atoms. The van der Waals surface area contributed by atoms with Crippen molar-refractivity contribution in [3.63, 3.8) is 0 Å². The number of amides is 2. The maximum atomic E-state index is 14.6. The molecule has 2 unspecified atom stereocenters. The molecule has 0 fully saturated rings. The lowest BCUT2D eigenvalue weighted by atomic mass is 9.99. The minimum absolute atomic E-state index is 0.0186. The Morgan fingerprint density at radius 2 is 2.06 bits per heavy atom. The van der Waals surface area contributed by atoms with Gasteiger partial charge in [0.05, 0.1) is 7.11 Å². The Hall–Kier alpha value is -2.75. The Kier molecular flexibility index (Phi) is 7.97. The average molecular weight is 487 g/mol. The van der Waals surface area contributed by atoms with E-state index in [1.54, 1.807) is 0 Å². The maximum absolute atomic E-state index is 14.6. The van der Waals surface area contributed by atoms with Crippen LogP contribution in [0.5, 0.6) is 0 Å². The molecule has 0 radical (unpaired) electrons. The highest BCUT2D eigenvalue weighted by Crippen LogP contribution is 2.50. The van der Waals surface area contributed by atoms with Gasteiger partial charge in [-0.3, -0.25) is 4.84 Å². The number of urea groups is 1. The predicted octanol–water partition coefficient (Wildman–Crippen LogP) is 5.28. The molecule has 0 saturated heterocycles. The van der Waals surface area contributed by atoms with Gasteiger partial charge in [0.2, 0.25) is 0 Å². The third-order valence-electron chi connectivity index (χ3n) is 5.96. The smallest absolute Gasteiger partial charge is 0.314 e. The first-order valence-electron chi connectivity index (χ1n) is 11.3. The van der Waals surface area contributed by atoms with Gasteiger partial charge in [0, 0.05) is 11.6 Å². The quantitative estimate of drug-likeness (QED) is 0.303. The number of benzene rings is 2. The Morgan fingerprint density at radius 1 is 1.24 bits per heavy atom. The molecule has 2 N–H and O–H groups in total. The fraction of sp³-hybridized carbons (Fsp3) is 0.360. The molecule has 6 nitrogen and oxygen atoms in total. The van der Waals surface area contributed by atoms with E-state index in [-0.39, 0.29) is 10.6 Å². The van der Waals surface area contributed by atoms with Gasteiger partial charge in [0.1, 0.15) is 21.5 Å². The molecule has 2 aliphatic rings. The van der Waals surface area contributed by atoms with E-state index in [9.17, 15) is 13.6 Å². The van der Waals surface area contributed by atoms with E-state index in [1.807, 2.05) is 30.3 Å². The second-order valence-corrected chi connectivity index (χ2v) is 9.51. The van der Waals surface area contributed by atoms with Crippen molar-refractivity contribution in [1.29, 1.82) is 0 Å². The molecule has 4 rings (SSSR count). The summed E-state index contributed by atoms with van der Waals surface area (Å²) in [6, 6.07) is 12.6. The molecule has 2 aromatic carbocycles. The summed E-state index contributed by atoms with van der Waals surface area (Å²) >= 11 is 1.25. The molecule has 0 aromatic heterocycles. The van der Waals surface area contributed by atoms with Gasteiger partial charge in [-0.15, -0.1) is 0 Å². The first-order chi connectivity index (χ1) is 16.5. The summed E-state index contributed by atoms with van der Waals surface area (Å²) in [6.45, 7) is 0.761. The standard InChI is InChI=1S/C25H28F2N4O2S/c1-33-30-24(32)31-25(18-9-4-2-5-10-18,15-8-16-28-20-11-6-3-7-12-20)34-23(29-31)21-17-19(26)13-14-22(21)27/h2-6,9-10,13-14,17,20,28H,7-8,11-12,15-16H2,1H3,(H,30,32). The summed E-state index contributed by atoms with van der Waals surface area (Å²) in [5.74, 6) is -1.17. The van der Waals surface area contributed by atoms with Crippen LogP contribution in [0.3, 0.4) is 0 Å². The summed E-state index contributed by atoms with van der Waals surface area (Å²) in [7, 11) is 1.34. The molecule has 2 atom stereocenters. The van der Waals surface area contributed by atoms with Crippen LogP contribution in [-0.4, -0.2) is 35.8 Å². The van der Waals surface area contributed by atoms with Gasteiger partial charge >= 0.3 is 6.03 Å². The van der Waals surface area contributed by atoms with Crippen molar-refractivity contribution < 1.29 is 18.4 Å². The van der Waals surface area contributed by atoms with E-state index < -0.39 is 22.5 Å². The lowest BCUT2D eigenvalue weighted by Crippen LogP contribution is -2.46. The van der Waals surface area contributed by atoms with Crippen LogP contribution in [0.25, 0.3) is 0 Å². The zero-order valence-electron chi connectivity index (χ0n) is 19.0. The van der Waals surface area contributed by atoms with Gasteiger partial charge in [-0.05, 0) is 62.4 Å². The Labute approximate surface area is 202 Å². The van der Waals surface area contributed by atoms with E-state index in [1.165, 1.54) is 23.9 Å². The first-order valence-corrected chi connectivity index (χ1v) is 12.2. The van der Waals surface area contributed by atoms with Crippen LogP contribution >= 0.6 is 11.8 Å². The van der Waals surface area contributed by atoms with Gasteiger partial charge in [-0.1, -0.05) is 54.2 Å². The van der Waals surface area contributed by atoms with Crippen molar-refractivity contribution in [1.82, 2.24) is 15.8 Å². The average Bonchev–Trinajstić information content (AvgIpc) is 3.25. The van der Waals surface area contributed by atoms with Gasteiger partial charge in [-0.25, -0.2) is 19.1 Å². The number of allylic oxidation sites excluding steroid dienone is 1. The number of rotatable bonds is 8. The Morgan fingerprint density at radius 3 is 2.79 bits per heavy atom. The topological polar surface area (TPSA) is 66.0 Å². The van der Waals surface area contributed by atoms with Crippen LogP contribution in [0.1, 0.15) is 43.2 Å². The summed E-state index contributed by atoms with van der Waals surface area (Å²) in [6.07, 6.45) is 8.86. The van der Waals surface area contributed by atoms with Crippen LogP contribution < -0.4 is 10.8 Å². The minimum Gasteiger partial charge on any atom is -0.314 e. The molecule has 9 heteroatoms. The summed E-state index contributed by atoms with van der Waals surface area (Å²) < 4.78 is 28.6. The molecule has 180 valence electrons. The maximum Gasteiger partial charge on any atom is 0.363 e. The number of hydrazone groups is 1. The molecule has 1 aliphatic carbocycles. The number of carbonyl (C=O) groups excluding carboxylic acids is 1. The second-order valence-electron chi connectivity index (χ2n) is 8.24. The Bertz CT molecular complexity index is 1070. The molecule has 0 spiro atoms. The Balaban J connectivity index is 1.64. The van der Waals surface area contributed by atoms with Gasteiger partial charge in [-0.2, -0.15) is 10.1 Å². The lowest BCUT2D eigenvalue weighted by molar-refractivity contribution is 0.0732. The van der Waals surface area contributed by atoms with E-state index in [4.69, 9.17) is 4.84 Å². The number of hydrogen-bond acceptors (Lipinski definition) is 5. The molecule has 2 aromatic rings. The third-order valence-corrected chi connectivity index (χ3v) is 7.40. The van der Waals surface area contributed by atoms with E-state index in [0.29, 0.717) is 12.5 Å². The summed E-state index contributed by atoms with van der Waals surface area (Å²) in [5.41, 5.74) is 3.18. The third kappa shape index (κ3) is 5.32. The number of hydrogen-bond donors (Lipinski definition) is 2. The molecule has 0 saturated carbocycles. The van der Waals surface area contributed by atoms with Crippen molar-refractivity contribution in [2.24, 2.45) is 5.10 Å². The number of nitrogens with zero attached hydrogens (tertiary/aromatic N) is 2. The second kappa shape index (κ2) is 11.1. The highest BCUT2D eigenvalue weighted by atomic mass is 32.2. The number of halogens is 2. The van der Waals surface area contributed by atoms with E-state index in [2.05, 4.69) is 28.1 Å². The lowest BCUT2D eigenvalue weighted by Gasteiger charge is -2.35. The molecular formula is C25H28F2N4O2S. The number of carbonyl (C=O) groups is 1. The van der Waals surface area contributed by atoms with Crippen molar-refractivity contribution in [2.45, 2.75) is 43.0 Å².